The smallest absolute Gasteiger partial charge is 0.171 e. The lowest BCUT2D eigenvalue weighted by molar-refractivity contribution is -0.183. The third-order valence-electron chi connectivity index (χ3n) is 9.37. The van der Waals surface area contributed by atoms with E-state index in [-0.39, 0.29) is 11.9 Å². The second kappa shape index (κ2) is 10.6. The van der Waals surface area contributed by atoms with Crippen molar-refractivity contribution in [3.63, 3.8) is 0 Å². The number of rotatable bonds is 7. The first-order valence-corrected chi connectivity index (χ1v) is 14.3. The Morgan fingerprint density at radius 2 is 1.86 bits per heavy atom. The van der Waals surface area contributed by atoms with Gasteiger partial charge in [0, 0.05) is 25.1 Å². The van der Waals surface area contributed by atoms with Crippen molar-refractivity contribution in [3.05, 3.63) is 29.3 Å². The maximum absolute atomic E-state index is 6.14. The fourth-order valence-corrected chi connectivity index (χ4v) is 7.24. The van der Waals surface area contributed by atoms with Gasteiger partial charge in [-0.15, -0.1) is 0 Å². The van der Waals surface area contributed by atoms with E-state index in [0.717, 1.165) is 57.4 Å². The molecule has 3 atom stereocenters. The van der Waals surface area contributed by atoms with Gasteiger partial charge in [-0.3, -0.25) is 9.89 Å². The lowest BCUT2D eigenvalue weighted by atomic mass is 9.90. The number of morpholine rings is 1. The summed E-state index contributed by atoms with van der Waals surface area (Å²) in [6.45, 7) is 10.5. The maximum Gasteiger partial charge on any atom is 0.171 e. The number of aliphatic imine (C=N–C) groups is 1. The zero-order valence-corrected chi connectivity index (χ0v) is 21.5. The standard InChI is InChI=1S/C29H43N3O3/c1-2-22-5-6-26-25(20-22)28-27(21-30-26)33-17-16-32(28)15-9-23-7-12-31(13-8-23)14-10-24-4-3-11-29(24)34-18-19-35-29/h5-6,20-21,23-24,27-28H,2-4,7-19H2,1H3. The Bertz CT molecular complexity index is 886. The van der Waals surface area contributed by atoms with Crippen LogP contribution in [0.1, 0.15) is 69.0 Å². The Morgan fingerprint density at radius 1 is 1.00 bits per heavy atom. The van der Waals surface area contributed by atoms with Crippen LogP contribution in [0.25, 0.3) is 0 Å². The lowest BCUT2D eigenvalue weighted by Crippen LogP contribution is -2.47. The average molecular weight is 482 g/mol. The minimum atomic E-state index is -0.228. The second-order valence-electron chi connectivity index (χ2n) is 11.3. The first-order valence-electron chi connectivity index (χ1n) is 14.3. The Kier molecular flexibility index (Phi) is 7.27. The maximum atomic E-state index is 6.14. The zero-order valence-electron chi connectivity index (χ0n) is 21.5. The highest BCUT2D eigenvalue weighted by Gasteiger charge is 2.47. The topological polar surface area (TPSA) is 46.5 Å². The second-order valence-corrected chi connectivity index (χ2v) is 11.3. The first-order chi connectivity index (χ1) is 17.2. The van der Waals surface area contributed by atoms with Crippen LogP contribution in [0.15, 0.2) is 23.2 Å². The van der Waals surface area contributed by atoms with E-state index in [1.165, 1.54) is 69.3 Å². The van der Waals surface area contributed by atoms with Crippen molar-refractivity contribution in [2.45, 2.75) is 76.2 Å². The number of ether oxygens (including phenoxy) is 3. The van der Waals surface area contributed by atoms with E-state index in [9.17, 15) is 0 Å². The molecular weight excluding hydrogens is 438 g/mol. The fourth-order valence-electron chi connectivity index (χ4n) is 7.24. The van der Waals surface area contributed by atoms with E-state index in [0.29, 0.717) is 12.0 Å². The number of fused-ring (bicyclic) bond motifs is 3. The molecule has 4 fully saturated rings. The molecule has 6 rings (SSSR count). The number of hydrogen-bond donors (Lipinski definition) is 0. The largest absolute Gasteiger partial charge is 0.369 e. The van der Waals surface area contributed by atoms with Crippen LogP contribution < -0.4 is 0 Å². The van der Waals surface area contributed by atoms with Crippen LogP contribution in [0.4, 0.5) is 5.69 Å². The monoisotopic (exact) mass is 481 g/mol. The quantitative estimate of drug-likeness (QED) is 0.563. The Labute approximate surface area is 211 Å². The average Bonchev–Trinajstić information content (AvgIpc) is 3.55. The van der Waals surface area contributed by atoms with E-state index in [2.05, 4.69) is 34.9 Å². The SMILES string of the molecule is CCc1ccc2c(c1)C1C(C=N2)OCCN1CCC1CCN(CCC2CCCC23OCCO3)CC1. The van der Waals surface area contributed by atoms with Gasteiger partial charge in [-0.2, -0.15) is 0 Å². The van der Waals surface area contributed by atoms with Gasteiger partial charge >= 0.3 is 0 Å². The van der Waals surface area contributed by atoms with Gasteiger partial charge in [0.25, 0.3) is 0 Å². The highest BCUT2D eigenvalue weighted by molar-refractivity contribution is 5.75. The molecule has 6 nitrogen and oxygen atoms in total. The summed E-state index contributed by atoms with van der Waals surface area (Å²) in [6, 6.07) is 7.11. The summed E-state index contributed by atoms with van der Waals surface area (Å²) < 4.78 is 18.3. The van der Waals surface area contributed by atoms with Crippen LogP contribution in [0, 0.1) is 11.8 Å². The molecular formula is C29H43N3O3. The summed E-state index contributed by atoms with van der Waals surface area (Å²) in [7, 11) is 0. The zero-order chi connectivity index (χ0) is 23.7. The number of benzene rings is 1. The Hall–Kier alpha value is -1.31. The molecule has 3 saturated heterocycles. The molecule has 1 saturated carbocycles. The van der Waals surface area contributed by atoms with Gasteiger partial charge in [0.05, 0.1) is 31.5 Å². The highest BCUT2D eigenvalue weighted by Crippen LogP contribution is 2.44. The fraction of sp³-hybridized carbons (Fsp3) is 0.759. The summed E-state index contributed by atoms with van der Waals surface area (Å²) >= 11 is 0. The summed E-state index contributed by atoms with van der Waals surface area (Å²) in [5, 5.41) is 0. The molecule has 1 aromatic rings. The van der Waals surface area contributed by atoms with Gasteiger partial charge in [-0.05, 0) is 94.2 Å². The van der Waals surface area contributed by atoms with E-state index < -0.39 is 0 Å². The molecule has 6 heteroatoms. The minimum absolute atomic E-state index is 0.0944. The van der Waals surface area contributed by atoms with Crippen LogP contribution >= 0.6 is 0 Å². The Morgan fingerprint density at radius 3 is 2.69 bits per heavy atom. The van der Waals surface area contributed by atoms with E-state index in [1.807, 2.05) is 6.21 Å². The molecule has 5 aliphatic rings. The summed E-state index contributed by atoms with van der Waals surface area (Å²) in [5.74, 6) is 1.20. The lowest BCUT2D eigenvalue weighted by Gasteiger charge is -2.43. The van der Waals surface area contributed by atoms with Crippen molar-refractivity contribution in [1.29, 1.82) is 0 Å². The summed E-state index contributed by atoms with van der Waals surface area (Å²) in [5.41, 5.74) is 3.89. The predicted octanol–water partition coefficient (Wildman–Crippen LogP) is 4.74. The van der Waals surface area contributed by atoms with Crippen LogP contribution in [-0.2, 0) is 20.6 Å². The molecule has 0 radical (unpaired) electrons. The van der Waals surface area contributed by atoms with Crippen LogP contribution in [0.2, 0.25) is 0 Å². The van der Waals surface area contributed by atoms with Crippen LogP contribution in [0.3, 0.4) is 0 Å². The molecule has 1 aliphatic carbocycles. The molecule has 3 unspecified atom stereocenters. The van der Waals surface area contributed by atoms with Crippen molar-refractivity contribution >= 4 is 11.9 Å². The van der Waals surface area contributed by atoms with Gasteiger partial charge in [0.1, 0.15) is 6.10 Å². The van der Waals surface area contributed by atoms with Gasteiger partial charge in [-0.25, -0.2) is 0 Å². The van der Waals surface area contributed by atoms with Gasteiger partial charge in [0.15, 0.2) is 5.79 Å². The van der Waals surface area contributed by atoms with E-state index >= 15 is 0 Å². The van der Waals surface area contributed by atoms with Gasteiger partial charge in [-0.1, -0.05) is 19.1 Å². The number of hydrogen-bond acceptors (Lipinski definition) is 6. The van der Waals surface area contributed by atoms with Gasteiger partial charge in [0.2, 0.25) is 0 Å². The molecule has 192 valence electrons. The van der Waals surface area contributed by atoms with Crippen LogP contribution in [0.5, 0.6) is 0 Å². The molecule has 4 aliphatic heterocycles. The molecule has 1 spiro atoms. The minimum Gasteiger partial charge on any atom is -0.369 e. The van der Waals surface area contributed by atoms with E-state index in [4.69, 9.17) is 19.2 Å². The van der Waals surface area contributed by atoms with Crippen molar-refractivity contribution < 1.29 is 14.2 Å². The molecule has 4 heterocycles. The normalized spacial score (nSPS) is 31.2. The molecule has 0 amide bonds. The number of likely N-dealkylation sites (tertiary alicyclic amines) is 1. The third-order valence-corrected chi connectivity index (χ3v) is 9.37. The van der Waals surface area contributed by atoms with Crippen molar-refractivity contribution in [2.75, 3.05) is 52.5 Å². The number of piperidine rings is 1. The number of aryl methyl sites for hydroxylation is 1. The highest BCUT2D eigenvalue weighted by atomic mass is 16.7. The molecule has 0 N–H and O–H groups in total. The molecule has 0 aromatic heterocycles. The first kappa shape index (κ1) is 24.1. The third kappa shape index (κ3) is 4.97. The molecule has 35 heavy (non-hydrogen) atoms. The predicted molar refractivity (Wildman–Crippen MR) is 138 cm³/mol. The Balaban J connectivity index is 0.994. The molecule has 1 aromatic carbocycles. The van der Waals surface area contributed by atoms with Crippen molar-refractivity contribution in [2.24, 2.45) is 16.8 Å². The summed E-state index contributed by atoms with van der Waals surface area (Å²) in [4.78, 5) is 10.1. The van der Waals surface area contributed by atoms with Crippen LogP contribution in [-0.4, -0.2) is 80.4 Å². The molecule has 0 bridgehead atoms. The van der Waals surface area contributed by atoms with Crippen molar-refractivity contribution in [1.82, 2.24) is 9.80 Å². The van der Waals surface area contributed by atoms with Gasteiger partial charge < -0.3 is 19.1 Å². The van der Waals surface area contributed by atoms with Crippen molar-refractivity contribution in [3.8, 4) is 0 Å². The summed E-state index contributed by atoms with van der Waals surface area (Å²) in [6.07, 6.45) is 12.0. The van der Waals surface area contributed by atoms with E-state index in [1.54, 1.807) is 0 Å². The number of nitrogens with zero attached hydrogens (tertiary/aromatic N) is 3.